The van der Waals surface area contributed by atoms with E-state index in [2.05, 4.69) is 20.4 Å². The van der Waals surface area contributed by atoms with Crippen LogP contribution in [0.5, 0.6) is 0 Å². The van der Waals surface area contributed by atoms with E-state index in [-0.39, 0.29) is 12.1 Å². The van der Waals surface area contributed by atoms with Crippen LogP contribution in [-0.2, 0) is 13.0 Å². The van der Waals surface area contributed by atoms with Crippen molar-refractivity contribution in [1.29, 1.82) is 0 Å². The van der Waals surface area contributed by atoms with Crippen LogP contribution < -0.4 is 5.32 Å². The van der Waals surface area contributed by atoms with E-state index in [9.17, 15) is 4.79 Å². The van der Waals surface area contributed by atoms with Gasteiger partial charge in [-0.05, 0) is 18.6 Å². The highest BCUT2D eigenvalue weighted by atomic mass is 16.5. The lowest BCUT2D eigenvalue weighted by atomic mass is 10.3. The fraction of sp³-hybridized carbons (Fsp3) is 0.429. The molecule has 0 spiro atoms. The van der Waals surface area contributed by atoms with Crippen molar-refractivity contribution >= 4 is 6.03 Å². The molecule has 0 fully saturated rings. The highest BCUT2D eigenvalue weighted by Gasteiger charge is 2.18. The second-order valence-electron chi connectivity index (χ2n) is 4.79. The summed E-state index contributed by atoms with van der Waals surface area (Å²) in [5.41, 5.74) is 0.967. The minimum Gasteiger partial charge on any atom is -0.337 e. The van der Waals surface area contributed by atoms with Gasteiger partial charge in [-0.25, -0.2) is 4.79 Å². The zero-order chi connectivity index (χ0) is 15.2. The van der Waals surface area contributed by atoms with E-state index in [1.54, 1.807) is 24.3 Å². The van der Waals surface area contributed by atoms with Crippen LogP contribution in [0, 0.1) is 0 Å². The van der Waals surface area contributed by atoms with Gasteiger partial charge in [-0.15, -0.1) is 0 Å². The Morgan fingerprint density at radius 3 is 2.95 bits per heavy atom. The molecule has 0 bridgehead atoms. The molecule has 0 radical (unpaired) electrons. The van der Waals surface area contributed by atoms with E-state index in [1.165, 1.54) is 0 Å². The molecule has 1 N–H and O–H groups in total. The quantitative estimate of drug-likeness (QED) is 0.909. The number of nitrogens with one attached hydrogen (secondary N) is 1. The lowest BCUT2D eigenvalue weighted by Gasteiger charge is -2.19. The third-order valence-corrected chi connectivity index (χ3v) is 3.00. The molecule has 21 heavy (non-hydrogen) atoms. The topological polar surface area (TPSA) is 84.2 Å². The SMILES string of the molecule is CCc1noc([C@H](C)NC(=O)N(C)Cc2cccnc2)n1. The van der Waals surface area contributed by atoms with E-state index < -0.39 is 0 Å². The molecule has 7 nitrogen and oxygen atoms in total. The van der Waals surface area contributed by atoms with Crippen molar-refractivity contribution in [2.75, 3.05) is 7.05 Å². The normalized spacial score (nSPS) is 12.0. The highest BCUT2D eigenvalue weighted by molar-refractivity contribution is 5.74. The Kier molecular flexibility index (Phi) is 4.86. The molecular formula is C14H19N5O2. The van der Waals surface area contributed by atoms with Gasteiger partial charge in [0, 0.05) is 32.4 Å². The van der Waals surface area contributed by atoms with Crippen LogP contribution in [-0.4, -0.2) is 33.1 Å². The summed E-state index contributed by atoms with van der Waals surface area (Å²) in [5.74, 6) is 1.05. The summed E-state index contributed by atoms with van der Waals surface area (Å²) in [4.78, 5) is 21.9. The van der Waals surface area contributed by atoms with Crippen molar-refractivity contribution in [3.05, 3.63) is 41.8 Å². The fourth-order valence-corrected chi connectivity index (χ4v) is 1.78. The predicted molar refractivity (Wildman–Crippen MR) is 76.3 cm³/mol. The number of rotatable bonds is 5. The molecule has 0 unspecified atom stereocenters. The van der Waals surface area contributed by atoms with Gasteiger partial charge in [-0.3, -0.25) is 4.98 Å². The Balaban J connectivity index is 1.91. The van der Waals surface area contributed by atoms with Crippen molar-refractivity contribution in [2.45, 2.75) is 32.9 Å². The predicted octanol–water partition coefficient (Wildman–Crippen LogP) is 1.93. The van der Waals surface area contributed by atoms with E-state index in [0.29, 0.717) is 24.7 Å². The van der Waals surface area contributed by atoms with Crippen molar-refractivity contribution in [2.24, 2.45) is 0 Å². The molecule has 0 saturated carbocycles. The molecule has 0 aromatic carbocycles. The van der Waals surface area contributed by atoms with Gasteiger partial charge < -0.3 is 14.7 Å². The number of pyridine rings is 1. The van der Waals surface area contributed by atoms with Gasteiger partial charge in [0.25, 0.3) is 0 Å². The average molecular weight is 289 g/mol. The standard InChI is InChI=1S/C14H19N5O2/c1-4-12-17-13(21-18-12)10(2)16-14(20)19(3)9-11-6-5-7-15-8-11/h5-8,10H,4,9H2,1-3H3,(H,16,20)/t10-/m0/s1. The Morgan fingerprint density at radius 2 is 2.33 bits per heavy atom. The first-order chi connectivity index (χ1) is 10.1. The fourth-order valence-electron chi connectivity index (χ4n) is 1.78. The Hall–Kier alpha value is -2.44. The maximum Gasteiger partial charge on any atom is 0.318 e. The molecule has 7 heteroatoms. The molecule has 1 atom stereocenters. The van der Waals surface area contributed by atoms with Gasteiger partial charge in [0.15, 0.2) is 5.82 Å². The van der Waals surface area contributed by atoms with Crippen LogP contribution in [0.25, 0.3) is 0 Å². The Labute approximate surface area is 123 Å². The number of nitrogens with zero attached hydrogens (tertiary/aromatic N) is 4. The largest absolute Gasteiger partial charge is 0.337 e. The maximum absolute atomic E-state index is 12.1. The summed E-state index contributed by atoms with van der Waals surface area (Å²) in [7, 11) is 1.72. The number of urea groups is 1. The average Bonchev–Trinajstić information content (AvgIpc) is 2.97. The summed E-state index contributed by atoms with van der Waals surface area (Å²) in [6.07, 6.45) is 4.14. The molecular weight excluding hydrogens is 270 g/mol. The maximum atomic E-state index is 12.1. The molecule has 0 aliphatic heterocycles. The van der Waals surface area contributed by atoms with Crippen molar-refractivity contribution < 1.29 is 9.32 Å². The minimum atomic E-state index is -0.332. The molecule has 112 valence electrons. The number of aryl methyl sites for hydroxylation is 1. The van der Waals surface area contributed by atoms with Crippen LogP contribution in [0.2, 0.25) is 0 Å². The van der Waals surface area contributed by atoms with E-state index >= 15 is 0 Å². The van der Waals surface area contributed by atoms with Gasteiger partial charge in [0.1, 0.15) is 6.04 Å². The molecule has 0 saturated heterocycles. The molecule has 0 aliphatic carbocycles. The first-order valence-electron chi connectivity index (χ1n) is 6.83. The Bertz CT molecular complexity index is 584. The first kappa shape index (κ1) is 15.0. The van der Waals surface area contributed by atoms with Gasteiger partial charge in [-0.1, -0.05) is 18.1 Å². The number of hydrogen-bond donors (Lipinski definition) is 1. The summed E-state index contributed by atoms with van der Waals surface area (Å²) < 4.78 is 5.11. The second-order valence-corrected chi connectivity index (χ2v) is 4.79. The van der Waals surface area contributed by atoms with Crippen LogP contribution >= 0.6 is 0 Å². The molecule has 2 aromatic heterocycles. The summed E-state index contributed by atoms with van der Waals surface area (Å²) in [6.45, 7) is 4.23. The number of hydrogen-bond acceptors (Lipinski definition) is 5. The number of aromatic nitrogens is 3. The zero-order valence-corrected chi connectivity index (χ0v) is 12.4. The van der Waals surface area contributed by atoms with Gasteiger partial charge >= 0.3 is 6.03 Å². The lowest BCUT2D eigenvalue weighted by Crippen LogP contribution is -2.38. The first-order valence-corrected chi connectivity index (χ1v) is 6.83. The minimum absolute atomic E-state index is 0.206. The second kappa shape index (κ2) is 6.83. The van der Waals surface area contributed by atoms with Crippen molar-refractivity contribution in [3.8, 4) is 0 Å². The van der Waals surface area contributed by atoms with E-state index in [4.69, 9.17) is 4.52 Å². The molecule has 2 aromatic rings. The van der Waals surface area contributed by atoms with E-state index in [1.807, 2.05) is 26.0 Å². The zero-order valence-electron chi connectivity index (χ0n) is 12.4. The smallest absolute Gasteiger partial charge is 0.318 e. The lowest BCUT2D eigenvalue weighted by molar-refractivity contribution is 0.200. The molecule has 2 amide bonds. The monoisotopic (exact) mass is 289 g/mol. The summed E-state index contributed by atoms with van der Waals surface area (Å²) in [6, 6.07) is 3.23. The molecule has 2 rings (SSSR count). The summed E-state index contributed by atoms with van der Waals surface area (Å²) in [5, 5.41) is 6.64. The van der Waals surface area contributed by atoms with Crippen molar-refractivity contribution in [1.82, 2.24) is 25.3 Å². The number of carbonyl (C=O) groups excluding carboxylic acids is 1. The van der Waals surface area contributed by atoms with Gasteiger partial charge in [0.05, 0.1) is 0 Å². The van der Waals surface area contributed by atoms with Crippen LogP contribution in [0.15, 0.2) is 29.0 Å². The van der Waals surface area contributed by atoms with E-state index in [0.717, 1.165) is 5.56 Å². The van der Waals surface area contributed by atoms with Gasteiger partial charge in [-0.2, -0.15) is 4.98 Å². The highest BCUT2D eigenvalue weighted by Crippen LogP contribution is 2.10. The van der Waals surface area contributed by atoms with Crippen LogP contribution in [0.1, 0.15) is 37.2 Å². The number of amides is 2. The number of carbonyl (C=O) groups is 1. The van der Waals surface area contributed by atoms with Crippen molar-refractivity contribution in [3.63, 3.8) is 0 Å². The van der Waals surface area contributed by atoms with Crippen LogP contribution in [0.4, 0.5) is 4.79 Å². The summed E-state index contributed by atoms with van der Waals surface area (Å²) >= 11 is 0. The third kappa shape index (κ3) is 4.01. The van der Waals surface area contributed by atoms with Crippen LogP contribution in [0.3, 0.4) is 0 Å². The molecule has 0 aliphatic rings. The third-order valence-electron chi connectivity index (χ3n) is 3.00. The molecule has 2 heterocycles. The van der Waals surface area contributed by atoms with Gasteiger partial charge in [0.2, 0.25) is 5.89 Å². The Morgan fingerprint density at radius 1 is 1.52 bits per heavy atom.